The van der Waals surface area contributed by atoms with Gasteiger partial charge in [0.15, 0.2) is 5.96 Å². The number of hydrogen-bond acceptors (Lipinski definition) is 1. The van der Waals surface area contributed by atoms with Crippen molar-refractivity contribution in [1.29, 1.82) is 0 Å². The number of aliphatic imine (C=N–C) groups is 1. The summed E-state index contributed by atoms with van der Waals surface area (Å²) in [6.07, 6.45) is 2.86. The fourth-order valence-corrected chi connectivity index (χ4v) is 2.59. The Morgan fingerprint density at radius 1 is 1.33 bits per heavy atom. The summed E-state index contributed by atoms with van der Waals surface area (Å²) >= 11 is 0. The van der Waals surface area contributed by atoms with Crippen LogP contribution < -0.4 is 5.32 Å². The van der Waals surface area contributed by atoms with Gasteiger partial charge in [-0.25, -0.2) is 8.78 Å². The molecule has 0 radical (unpaired) electrons. The van der Waals surface area contributed by atoms with Crippen LogP contribution in [0.4, 0.5) is 8.78 Å². The van der Waals surface area contributed by atoms with Crippen molar-refractivity contribution in [2.75, 3.05) is 26.7 Å². The van der Waals surface area contributed by atoms with Crippen molar-refractivity contribution in [3.8, 4) is 0 Å². The highest BCUT2D eigenvalue weighted by Crippen LogP contribution is 2.16. The second kappa shape index (κ2) is 7.38. The summed E-state index contributed by atoms with van der Waals surface area (Å²) in [5, 5.41) is 3.26. The predicted octanol–water partition coefficient (Wildman–Crippen LogP) is 2.81. The Kier molecular flexibility index (Phi) is 5.53. The Labute approximate surface area is 125 Å². The van der Waals surface area contributed by atoms with Crippen LogP contribution in [-0.4, -0.2) is 37.5 Å². The highest BCUT2D eigenvalue weighted by Gasteiger charge is 2.18. The van der Waals surface area contributed by atoms with E-state index in [1.807, 2.05) is 0 Å². The van der Waals surface area contributed by atoms with Gasteiger partial charge in [-0.15, -0.1) is 0 Å². The van der Waals surface area contributed by atoms with Crippen molar-refractivity contribution < 1.29 is 8.78 Å². The molecule has 116 valence electrons. The third-order valence-electron chi connectivity index (χ3n) is 3.99. The summed E-state index contributed by atoms with van der Waals surface area (Å²) in [6, 6.07) is 3.72. The van der Waals surface area contributed by atoms with Gasteiger partial charge < -0.3 is 10.2 Å². The lowest BCUT2D eigenvalue weighted by molar-refractivity contribution is 0.273. The van der Waals surface area contributed by atoms with Crippen LogP contribution in [0.5, 0.6) is 0 Å². The second-order valence-electron chi connectivity index (χ2n) is 5.63. The van der Waals surface area contributed by atoms with E-state index in [4.69, 9.17) is 0 Å². The van der Waals surface area contributed by atoms with Crippen molar-refractivity contribution in [1.82, 2.24) is 10.2 Å². The Hall–Kier alpha value is -1.65. The second-order valence-corrected chi connectivity index (χ2v) is 5.63. The van der Waals surface area contributed by atoms with Gasteiger partial charge in [-0.05, 0) is 36.8 Å². The zero-order valence-electron chi connectivity index (χ0n) is 12.7. The first-order chi connectivity index (χ1) is 10.1. The molecule has 0 spiro atoms. The van der Waals surface area contributed by atoms with Gasteiger partial charge in [0, 0.05) is 32.7 Å². The van der Waals surface area contributed by atoms with E-state index in [1.165, 1.54) is 25.0 Å². The van der Waals surface area contributed by atoms with Crippen molar-refractivity contribution in [2.24, 2.45) is 10.9 Å². The maximum Gasteiger partial charge on any atom is 0.193 e. The van der Waals surface area contributed by atoms with Crippen LogP contribution in [0.2, 0.25) is 0 Å². The molecule has 1 heterocycles. The van der Waals surface area contributed by atoms with E-state index in [9.17, 15) is 8.78 Å². The minimum absolute atomic E-state index is 0.487. The molecule has 1 aromatic carbocycles. The normalized spacial score (nSPS) is 17.1. The lowest BCUT2D eigenvalue weighted by Crippen LogP contribution is -2.45. The molecule has 3 nitrogen and oxygen atoms in total. The molecule has 0 unspecified atom stereocenters. The van der Waals surface area contributed by atoms with E-state index in [2.05, 4.69) is 22.1 Å². The molecular formula is C16H23F2N3. The van der Waals surface area contributed by atoms with Gasteiger partial charge in [0.25, 0.3) is 0 Å². The molecule has 0 aromatic heterocycles. The number of nitrogens with one attached hydrogen (secondary N) is 1. The molecule has 2 rings (SSSR count). The predicted molar refractivity (Wildman–Crippen MR) is 81.4 cm³/mol. The number of hydrogen-bond donors (Lipinski definition) is 1. The first-order valence-corrected chi connectivity index (χ1v) is 7.49. The van der Waals surface area contributed by atoms with Gasteiger partial charge in [0.05, 0.1) is 0 Å². The van der Waals surface area contributed by atoms with E-state index < -0.39 is 11.6 Å². The molecule has 21 heavy (non-hydrogen) atoms. The van der Waals surface area contributed by atoms with Crippen LogP contribution >= 0.6 is 0 Å². The SMILES string of the molecule is CN=C(NCCc1ccc(F)cc1F)N1CCC(C)CC1. The summed E-state index contributed by atoms with van der Waals surface area (Å²) in [6.45, 7) is 4.86. The minimum Gasteiger partial charge on any atom is -0.356 e. The Balaban J connectivity index is 1.83. The van der Waals surface area contributed by atoms with E-state index >= 15 is 0 Å². The fourth-order valence-electron chi connectivity index (χ4n) is 2.59. The molecule has 0 bridgehead atoms. The van der Waals surface area contributed by atoms with Crippen LogP contribution in [0.1, 0.15) is 25.3 Å². The lowest BCUT2D eigenvalue weighted by atomic mass is 9.99. The van der Waals surface area contributed by atoms with Crippen LogP contribution in [0.25, 0.3) is 0 Å². The summed E-state index contributed by atoms with van der Waals surface area (Å²) in [7, 11) is 1.76. The molecule has 0 atom stereocenters. The Morgan fingerprint density at radius 2 is 2.05 bits per heavy atom. The molecule has 1 aromatic rings. The quantitative estimate of drug-likeness (QED) is 0.686. The van der Waals surface area contributed by atoms with E-state index in [-0.39, 0.29) is 0 Å². The Morgan fingerprint density at radius 3 is 2.67 bits per heavy atom. The third-order valence-corrected chi connectivity index (χ3v) is 3.99. The maximum absolute atomic E-state index is 13.5. The number of piperidine rings is 1. The maximum atomic E-state index is 13.5. The first-order valence-electron chi connectivity index (χ1n) is 7.49. The molecule has 5 heteroatoms. The zero-order chi connectivity index (χ0) is 15.2. The smallest absolute Gasteiger partial charge is 0.193 e. The topological polar surface area (TPSA) is 27.6 Å². The molecule has 1 fully saturated rings. The van der Waals surface area contributed by atoms with Crippen LogP contribution in [0.3, 0.4) is 0 Å². The van der Waals surface area contributed by atoms with Crippen molar-refractivity contribution in [3.63, 3.8) is 0 Å². The van der Waals surface area contributed by atoms with Gasteiger partial charge in [0.2, 0.25) is 0 Å². The number of halogens is 2. The van der Waals surface area contributed by atoms with E-state index in [1.54, 1.807) is 7.05 Å². The van der Waals surface area contributed by atoms with Crippen LogP contribution in [0.15, 0.2) is 23.2 Å². The number of likely N-dealkylation sites (tertiary alicyclic amines) is 1. The van der Waals surface area contributed by atoms with Crippen molar-refractivity contribution in [3.05, 3.63) is 35.4 Å². The number of benzene rings is 1. The monoisotopic (exact) mass is 295 g/mol. The molecule has 0 amide bonds. The van der Waals surface area contributed by atoms with Crippen LogP contribution in [0, 0.1) is 17.6 Å². The van der Waals surface area contributed by atoms with Crippen molar-refractivity contribution >= 4 is 5.96 Å². The average molecular weight is 295 g/mol. The average Bonchev–Trinajstić information content (AvgIpc) is 2.47. The highest BCUT2D eigenvalue weighted by atomic mass is 19.1. The summed E-state index contributed by atoms with van der Waals surface area (Å²) in [5.74, 6) is 0.609. The van der Waals surface area contributed by atoms with E-state index in [0.717, 1.165) is 31.0 Å². The standard InChI is InChI=1S/C16H23F2N3/c1-12-6-9-21(10-7-12)16(19-2)20-8-5-13-3-4-14(17)11-15(13)18/h3-4,11-12H,5-10H2,1-2H3,(H,19,20). The van der Waals surface area contributed by atoms with Crippen molar-refractivity contribution in [2.45, 2.75) is 26.2 Å². The van der Waals surface area contributed by atoms with Gasteiger partial charge in [-0.1, -0.05) is 13.0 Å². The molecule has 1 saturated heterocycles. The first kappa shape index (κ1) is 15.7. The molecule has 1 aliphatic heterocycles. The Bertz CT molecular complexity index is 494. The number of rotatable bonds is 3. The lowest BCUT2D eigenvalue weighted by Gasteiger charge is -2.32. The zero-order valence-corrected chi connectivity index (χ0v) is 12.7. The molecule has 1 aliphatic rings. The molecule has 0 aliphatic carbocycles. The molecule has 1 N–H and O–H groups in total. The fraction of sp³-hybridized carbons (Fsp3) is 0.562. The van der Waals surface area contributed by atoms with Gasteiger partial charge >= 0.3 is 0 Å². The van der Waals surface area contributed by atoms with Crippen LogP contribution in [-0.2, 0) is 6.42 Å². The van der Waals surface area contributed by atoms with Gasteiger partial charge in [0.1, 0.15) is 11.6 Å². The number of nitrogens with zero attached hydrogens (tertiary/aromatic N) is 2. The number of guanidine groups is 1. The summed E-state index contributed by atoms with van der Waals surface area (Å²) in [5.41, 5.74) is 0.520. The summed E-state index contributed by atoms with van der Waals surface area (Å²) in [4.78, 5) is 6.52. The molecular weight excluding hydrogens is 272 g/mol. The van der Waals surface area contributed by atoms with Gasteiger partial charge in [-0.2, -0.15) is 0 Å². The summed E-state index contributed by atoms with van der Waals surface area (Å²) < 4.78 is 26.4. The highest BCUT2D eigenvalue weighted by molar-refractivity contribution is 5.79. The third kappa shape index (κ3) is 4.41. The molecule has 0 saturated carbocycles. The van der Waals surface area contributed by atoms with E-state index in [0.29, 0.717) is 18.5 Å². The largest absolute Gasteiger partial charge is 0.356 e. The minimum atomic E-state index is -0.539. The van der Waals surface area contributed by atoms with Gasteiger partial charge in [-0.3, -0.25) is 4.99 Å².